The molecule has 0 heterocycles. The lowest BCUT2D eigenvalue weighted by molar-refractivity contribution is -0.147. The number of rotatable bonds is 2. The van der Waals surface area contributed by atoms with Crippen LogP contribution in [0.5, 0.6) is 0 Å². The molecule has 3 nitrogen and oxygen atoms in total. The summed E-state index contributed by atoms with van der Waals surface area (Å²) in [6.45, 7) is 3.18. The molecule has 0 aromatic heterocycles. The summed E-state index contributed by atoms with van der Waals surface area (Å²) >= 11 is 0. The molecule has 0 fully saturated rings. The van der Waals surface area contributed by atoms with Crippen molar-refractivity contribution in [2.45, 2.75) is 6.10 Å². The lowest BCUT2D eigenvalue weighted by Gasteiger charge is -1.98. The largest absolute Gasteiger partial charge is 0.467 e. The van der Waals surface area contributed by atoms with Crippen molar-refractivity contribution < 1.29 is 14.6 Å². The molecule has 0 unspecified atom stereocenters. The fourth-order valence-electron chi connectivity index (χ4n) is 0.217. The van der Waals surface area contributed by atoms with Crippen molar-refractivity contribution in [2.75, 3.05) is 7.11 Å². The lowest BCUT2D eigenvalue weighted by Crippen LogP contribution is -2.18. The highest BCUT2D eigenvalue weighted by molar-refractivity contribution is 5.76. The first-order valence-corrected chi connectivity index (χ1v) is 2.10. The maximum Gasteiger partial charge on any atom is 0.338 e. The first kappa shape index (κ1) is 7.17. The Morgan fingerprint density at radius 2 is 2.50 bits per heavy atom. The molecule has 1 N–H and O–H groups in total. The molecular weight excluding hydrogens is 108 g/mol. The Morgan fingerprint density at radius 1 is 2.00 bits per heavy atom. The van der Waals surface area contributed by atoms with Gasteiger partial charge < -0.3 is 9.84 Å². The van der Waals surface area contributed by atoms with Gasteiger partial charge in [0.25, 0.3) is 0 Å². The van der Waals surface area contributed by atoms with Crippen molar-refractivity contribution in [1.82, 2.24) is 0 Å². The lowest BCUT2D eigenvalue weighted by atomic mass is 10.4. The molecular formula is C5H8O3. The Kier molecular flexibility index (Phi) is 2.88. The monoisotopic (exact) mass is 116 g/mol. The highest BCUT2D eigenvalue weighted by atomic mass is 16.5. The van der Waals surface area contributed by atoms with E-state index in [1.807, 2.05) is 0 Å². The summed E-state index contributed by atoms with van der Waals surface area (Å²) in [5.41, 5.74) is 0. The van der Waals surface area contributed by atoms with Gasteiger partial charge in [0, 0.05) is 0 Å². The van der Waals surface area contributed by atoms with Gasteiger partial charge in [-0.2, -0.15) is 0 Å². The smallest absolute Gasteiger partial charge is 0.338 e. The average Bonchev–Trinajstić information content (AvgIpc) is 1.84. The fraction of sp³-hybridized carbons (Fsp3) is 0.400. The van der Waals surface area contributed by atoms with Crippen LogP contribution >= 0.6 is 0 Å². The van der Waals surface area contributed by atoms with Crippen molar-refractivity contribution in [3.63, 3.8) is 0 Å². The van der Waals surface area contributed by atoms with Crippen molar-refractivity contribution >= 4 is 5.97 Å². The highest BCUT2D eigenvalue weighted by Gasteiger charge is 2.08. The van der Waals surface area contributed by atoms with E-state index in [2.05, 4.69) is 11.3 Å². The molecule has 0 radical (unpaired) electrons. The molecule has 0 aromatic carbocycles. The standard InChI is InChI=1S/C5H8O3/c1-3-4(6)5(7)8-2/h3-4,6H,1H2,2H3/t4-/m1/s1. The first-order chi connectivity index (χ1) is 3.72. The van der Waals surface area contributed by atoms with Gasteiger partial charge in [-0.25, -0.2) is 4.79 Å². The molecule has 0 aliphatic carbocycles. The maximum absolute atomic E-state index is 10.2. The third kappa shape index (κ3) is 1.75. The number of aliphatic hydroxyl groups excluding tert-OH is 1. The maximum atomic E-state index is 10.2. The fourth-order valence-corrected chi connectivity index (χ4v) is 0.217. The number of methoxy groups -OCH3 is 1. The first-order valence-electron chi connectivity index (χ1n) is 2.10. The minimum absolute atomic E-state index is 0.681. The number of carbonyl (C=O) groups is 1. The minimum Gasteiger partial charge on any atom is -0.467 e. The van der Waals surface area contributed by atoms with E-state index in [1.54, 1.807) is 0 Å². The quantitative estimate of drug-likeness (QED) is 0.398. The molecule has 8 heavy (non-hydrogen) atoms. The molecule has 0 aliphatic heterocycles. The molecule has 1 atom stereocenters. The van der Waals surface area contributed by atoms with E-state index >= 15 is 0 Å². The van der Waals surface area contributed by atoms with Gasteiger partial charge in [-0.15, -0.1) is 0 Å². The second kappa shape index (κ2) is 3.21. The molecule has 0 aromatic rings. The van der Waals surface area contributed by atoms with Gasteiger partial charge >= 0.3 is 5.97 Å². The van der Waals surface area contributed by atoms with Crippen LogP contribution in [0.1, 0.15) is 0 Å². The van der Waals surface area contributed by atoms with Crippen molar-refractivity contribution in [2.24, 2.45) is 0 Å². The number of ether oxygens (including phenoxy) is 1. The van der Waals surface area contributed by atoms with Crippen LogP contribution in [-0.2, 0) is 9.53 Å². The second-order valence-electron chi connectivity index (χ2n) is 1.20. The van der Waals surface area contributed by atoms with Crippen LogP contribution in [0.4, 0.5) is 0 Å². The van der Waals surface area contributed by atoms with Gasteiger partial charge in [0.05, 0.1) is 7.11 Å². The summed E-state index contributed by atoms with van der Waals surface area (Å²) in [7, 11) is 1.20. The van der Waals surface area contributed by atoms with Gasteiger partial charge in [0.15, 0.2) is 6.10 Å². The number of esters is 1. The molecule has 0 amide bonds. The van der Waals surface area contributed by atoms with Crippen LogP contribution in [0.25, 0.3) is 0 Å². The normalized spacial score (nSPS) is 12.2. The minimum atomic E-state index is -1.18. The molecule has 0 rings (SSSR count). The Morgan fingerprint density at radius 3 is 2.62 bits per heavy atom. The SMILES string of the molecule is C=C[C@@H](O)C(=O)OC. The van der Waals surface area contributed by atoms with Gasteiger partial charge in [-0.05, 0) is 0 Å². The summed E-state index contributed by atoms with van der Waals surface area (Å²) in [5, 5.41) is 8.53. The van der Waals surface area contributed by atoms with Crippen LogP contribution in [0.2, 0.25) is 0 Å². The van der Waals surface area contributed by atoms with Gasteiger partial charge in [0.2, 0.25) is 0 Å². The topological polar surface area (TPSA) is 46.5 Å². The summed E-state index contributed by atoms with van der Waals surface area (Å²) in [4.78, 5) is 10.2. The van der Waals surface area contributed by atoms with Crippen LogP contribution in [0.3, 0.4) is 0 Å². The highest BCUT2D eigenvalue weighted by Crippen LogP contribution is 1.85. The Balaban J connectivity index is 3.62. The Hall–Kier alpha value is -0.830. The number of hydrogen-bond acceptors (Lipinski definition) is 3. The van der Waals surface area contributed by atoms with E-state index in [9.17, 15) is 4.79 Å². The molecule has 0 aliphatic rings. The predicted octanol–water partition coefficient (Wildman–Crippen LogP) is -0.294. The van der Waals surface area contributed by atoms with Crippen LogP contribution in [0, 0.1) is 0 Å². The van der Waals surface area contributed by atoms with Crippen molar-refractivity contribution in [3.05, 3.63) is 12.7 Å². The number of hydrogen-bond donors (Lipinski definition) is 1. The summed E-state index contributed by atoms with van der Waals surface area (Å²) in [6.07, 6.45) is -0.0775. The van der Waals surface area contributed by atoms with Crippen molar-refractivity contribution in [3.8, 4) is 0 Å². The van der Waals surface area contributed by atoms with E-state index in [4.69, 9.17) is 5.11 Å². The van der Waals surface area contributed by atoms with Gasteiger partial charge in [0.1, 0.15) is 0 Å². The molecule has 46 valence electrons. The van der Waals surface area contributed by atoms with E-state index in [-0.39, 0.29) is 0 Å². The Bertz CT molecular complexity index is 97.8. The molecule has 3 heteroatoms. The van der Waals surface area contributed by atoms with E-state index in [0.717, 1.165) is 6.08 Å². The van der Waals surface area contributed by atoms with E-state index < -0.39 is 12.1 Å². The molecule has 0 saturated heterocycles. The van der Waals surface area contributed by atoms with Crippen LogP contribution < -0.4 is 0 Å². The van der Waals surface area contributed by atoms with Gasteiger partial charge in [-0.3, -0.25) is 0 Å². The van der Waals surface area contributed by atoms with E-state index in [1.165, 1.54) is 7.11 Å². The summed E-state index contributed by atoms with van der Waals surface area (Å²) in [6, 6.07) is 0. The molecule has 0 spiro atoms. The zero-order chi connectivity index (χ0) is 6.57. The number of carbonyl (C=O) groups excluding carboxylic acids is 1. The predicted molar refractivity (Wildman–Crippen MR) is 28.2 cm³/mol. The second-order valence-corrected chi connectivity index (χ2v) is 1.20. The third-order valence-electron chi connectivity index (χ3n) is 0.666. The van der Waals surface area contributed by atoms with E-state index in [0.29, 0.717) is 0 Å². The number of aliphatic hydroxyl groups is 1. The van der Waals surface area contributed by atoms with Crippen molar-refractivity contribution in [1.29, 1.82) is 0 Å². The van der Waals surface area contributed by atoms with Crippen LogP contribution in [-0.4, -0.2) is 24.3 Å². The summed E-state index contributed by atoms with van der Waals surface area (Å²) < 4.78 is 4.14. The zero-order valence-electron chi connectivity index (χ0n) is 4.63. The van der Waals surface area contributed by atoms with Crippen LogP contribution in [0.15, 0.2) is 12.7 Å². The molecule has 0 saturated carbocycles. The Labute approximate surface area is 47.6 Å². The average molecular weight is 116 g/mol. The zero-order valence-corrected chi connectivity index (χ0v) is 4.63. The van der Waals surface area contributed by atoms with Gasteiger partial charge in [-0.1, -0.05) is 12.7 Å². The summed E-state index contributed by atoms with van der Waals surface area (Å²) in [5.74, 6) is -0.681. The third-order valence-corrected chi connectivity index (χ3v) is 0.666. The molecule has 0 bridgehead atoms.